The monoisotopic (exact) mass is 574 g/mol. The standard InChI is InChI=1S/C33H30F4N4O/c1-32(40-28-17-30(33(35,36)37)39-27-10-4-2-9-25(27)28)16-6-7-23(18-32)38-31(42)26-20-41(29-11-5-3-8-24(26)29)19-21-12-14-22(34)15-13-21/h2-5,8-15,17,20,23H,6-7,16,18-19H2,1H3,(H,38,42)(H,39,40)/t23-,32-/m1/s1. The summed E-state index contributed by atoms with van der Waals surface area (Å²) in [7, 11) is 0. The highest BCUT2D eigenvalue weighted by atomic mass is 19.4. The molecule has 0 saturated heterocycles. The number of carbonyl (C=O) groups excluding carboxylic acids is 1. The maximum atomic E-state index is 13.6. The van der Waals surface area contributed by atoms with E-state index in [0.717, 1.165) is 41.8 Å². The number of anilines is 1. The number of rotatable bonds is 6. The van der Waals surface area contributed by atoms with Gasteiger partial charge in [0.25, 0.3) is 5.91 Å². The Morgan fingerprint density at radius 2 is 1.74 bits per heavy atom. The molecular formula is C33H30F4N4O. The zero-order chi connectivity index (χ0) is 29.5. The first-order chi connectivity index (χ1) is 20.1. The van der Waals surface area contributed by atoms with Gasteiger partial charge in [-0.25, -0.2) is 9.37 Å². The number of hydrogen-bond acceptors (Lipinski definition) is 3. The molecule has 1 amide bonds. The van der Waals surface area contributed by atoms with Gasteiger partial charge in [-0.1, -0.05) is 48.5 Å². The summed E-state index contributed by atoms with van der Waals surface area (Å²) in [6.45, 7) is 2.47. The highest BCUT2D eigenvalue weighted by Gasteiger charge is 2.36. The second kappa shape index (κ2) is 10.8. The third-order valence-corrected chi connectivity index (χ3v) is 8.06. The van der Waals surface area contributed by atoms with Crippen molar-refractivity contribution in [3.05, 3.63) is 108 Å². The molecule has 0 spiro atoms. The molecule has 1 aliphatic rings. The first-order valence-corrected chi connectivity index (χ1v) is 14.0. The highest BCUT2D eigenvalue weighted by molar-refractivity contribution is 6.07. The number of nitrogens with zero attached hydrogens (tertiary/aromatic N) is 2. The van der Waals surface area contributed by atoms with Crippen LogP contribution in [-0.2, 0) is 12.7 Å². The van der Waals surface area contributed by atoms with Gasteiger partial charge in [0.15, 0.2) is 0 Å². The number of hydrogen-bond donors (Lipinski definition) is 2. The number of para-hydroxylation sites is 2. The van der Waals surface area contributed by atoms with E-state index in [1.165, 1.54) is 12.1 Å². The molecule has 2 heterocycles. The van der Waals surface area contributed by atoms with Crippen molar-refractivity contribution in [2.75, 3.05) is 5.32 Å². The van der Waals surface area contributed by atoms with E-state index in [1.807, 2.05) is 42.0 Å². The van der Waals surface area contributed by atoms with Crippen molar-refractivity contribution in [1.29, 1.82) is 0 Å². The highest BCUT2D eigenvalue weighted by Crippen LogP contribution is 2.37. The van der Waals surface area contributed by atoms with Crippen LogP contribution in [0.4, 0.5) is 23.2 Å². The molecule has 0 aliphatic heterocycles. The summed E-state index contributed by atoms with van der Waals surface area (Å²) in [6.07, 6.45) is 0.114. The fraction of sp³-hybridized carbons (Fsp3) is 0.273. The van der Waals surface area contributed by atoms with Crippen LogP contribution in [0.25, 0.3) is 21.8 Å². The van der Waals surface area contributed by atoms with E-state index in [2.05, 4.69) is 15.6 Å². The third-order valence-electron chi connectivity index (χ3n) is 8.06. The fourth-order valence-electron chi connectivity index (χ4n) is 6.08. The molecule has 0 unspecified atom stereocenters. The Kier molecular flexibility index (Phi) is 7.12. The largest absolute Gasteiger partial charge is 0.433 e. The number of carbonyl (C=O) groups is 1. The summed E-state index contributed by atoms with van der Waals surface area (Å²) in [5, 5.41) is 8.02. The van der Waals surface area contributed by atoms with Crippen LogP contribution in [0.2, 0.25) is 0 Å². The molecule has 42 heavy (non-hydrogen) atoms. The van der Waals surface area contributed by atoms with Gasteiger partial charge in [-0.15, -0.1) is 0 Å². The SMILES string of the molecule is C[C@@]1(Nc2cc(C(F)(F)F)nc3ccccc23)CCC[C@@H](NC(=O)c2cn(Cc3ccc(F)cc3)c3ccccc23)C1. The zero-order valence-electron chi connectivity index (χ0n) is 23.0. The molecule has 9 heteroatoms. The van der Waals surface area contributed by atoms with Crippen molar-refractivity contribution >= 4 is 33.4 Å². The van der Waals surface area contributed by atoms with Crippen molar-refractivity contribution in [3.8, 4) is 0 Å². The van der Waals surface area contributed by atoms with Gasteiger partial charge < -0.3 is 15.2 Å². The second-order valence-electron chi connectivity index (χ2n) is 11.3. The Bertz CT molecular complexity index is 1760. The Hall–Kier alpha value is -4.40. The Morgan fingerprint density at radius 1 is 1.02 bits per heavy atom. The van der Waals surface area contributed by atoms with Crippen molar-refractivity contribution in [3.63, 3.8) is 0 Å². The van der Waals surface area contributed by atoms with Crippen molar-refractivity contribution in [2.45, 2.75) is 56.9 Å². The molecule has 5 aromatic rings. The zero-order valence-corrected chi connectivity index (χ0v) is 23.0. The summed E-state index contributed by atoms with van der Waals surface area (Å²) in [5.41, 5.74) is 1.53. The molecule has 1 aliphatic carbocycles. The quantitative estimate of drug-likeness (QED) is 0.203. The van der Waals surface area contributed by atoms with Crippen LogP contribution in [0, 0.1) is 5.82 Å². The van der Waals surface area contributed by atoms with E-state index in [0.29, 0.717) is 29.6 Å². The molecule has 6 rings (SSSR count). The maximum Gasteiger partial charge on any atom is 0.433 e. The van der Waals surface area contributed by atoms with Gasteiger partial charge in [-0.3, -0.25) is 4.79 Å². The predicted octanol–water partition coefficient (Wildman–Crippen LogP) is 7.94. The van der Waals surface area contributed by atoms with Gasteiger partial charge in [0.2, 0.25) is 0 Å². The van der Waals surface area contributed by atoms with Gasteiger partial charge >= 0.3 is 6.18 Å². The summed E-state index contributed by atoms with van der Waals surface area (Å²) in [5.74, 6) is -0.505. The van der Waals surface area contributed by atoms with Crippen LogP contribution in [0.3, 0.4) is 0 Å². The minimum Gasteiger partial charge on any atom is -0.379 e. The Labute approximate surface area is 240 Å². The average Bonchev–Trinajstić information content (AvgIpc) is 3.32. The van der Waals surface area contributed by atoms with E-state index in [1.54, 1.807) is 36.4 Å². The van der Waals surface area contributed by atoms with Gasteiger partial charge in [-0.05, 0) is 68.5 Å². The minimum absolute atomic E-state index is 0.168. The number of halogens is 4. The summed E-state index contributed by atoms with van der Waals surface area (Å²) >= 11 is 0. The van der Waals surface area contributed by atoms with Crippen molar-refractivity contribution < 1.29 is 22.4 Å². The van der Waals surface area contributed by atoms with Gasteiger partial charge in [-0.2, -0.15) is 13.2 Å². The van der Waals surface area contributed by atoms with E-state index in [4.69, 9.17) is 0 Å². The lowest BCUT2D eigenvalue weighted by molar-refractivity contribution is -0.140. The number of fused-ring (bicyclic) bond motifs is 2. The number of nitrogens with one attached hydrogen (secondary N) is 2. The number of aromatic nitrogens is 2. The Morgan fingerprint density at radius 3 is 2.50 bits per heavy atom. The number of alkyl halides is 3. The molecule has 2 N–H and O–H groups in total. The fourth-order valence-corrected chi connectivity index (χ4v) is 6.08. The predicted molar refractivity (Wildman–Crippen MR) is 156 cm³/mol. The number of pyridine rings is 1. The minimum atomic E-state index is -4.57. The van der Waals surface area contributed by atoms with Crippen LogP contribution >= 0.6 is 0 Å². The molecule has 3 aromatic carbocycles. The Balaban J connectivity index is 1.23. The summed E-state index contributed by atoms with van der Waals surface area (Å²) < 4.78 is 56.3. The van der Waals surface area contributed by atoms with Gasteiger partial charge in [0.1, 0.15) is 11.5 Å². The van der Waals surface area contributed by atoms with Crippen molar-refractivity contribution in [1.82, 2.24) is 14.9 Å². The number of benzene rings is 3. The van der Waals surface area contributed by atoms with Gasteiger partial charge in [0.05, 0.1) is 11.1 Å². The normalized spacial score (nSPS) is 19.2. The van der Waals surface area contributed by atoms with Crippen LogP contribution in [0.1, 0.15) is 54.2 Å². The topological polar surface area (TPSA) is 59.0 Å². The van der Waals surface area contributed by atoms with E-state index >= 15 is 0 Å². The molecule has 5 nitrogen and oxygen atoms in total. The molecule has 2 atom stereocenters. The molecular weight excluding hydrogens is 544 g/mol. The van der Waals surface area contributed by atoms with Crippen LogP contribution in [0.15, 0.2) is 85.1 Å². The molecule has 1 fully saturated rings. The molecule has 1 saturated carbocycles. The van der Waals surface area contributed by atoms with E-state index in [-0.39, 0.29) is 23.3 Å². The molecule has 216 valence electrons. The van der Waals surface area contributed by atoms with Crippen LogP contribution in [-0.4, -0.2) is 27.0 Å². The molecule has 2 aromatic heterocycles. The average molecular weight is 575 g/mol. The maximum absolute atomic E-state index is 13.6. The summed E-state index contributed by atoms with van der Waals surface area (Å²) in [4.78, 5) is 17.4. The van der Waals surface area contributed by atoms with Crippen molar-refractivity contribution in [2.24, 2.45) is 0 Å². The lowest BCUT2D eigenvalue weighted by Gasteiger charge is -2.40. The van der Waals surface area contributed by atoms with E-state index < -0.39 is 17.4 Å². The van der Waals surface area contributed by atoms with Gasteiger partial charge in [0, 0.05) is 46.3 Å². The molecule has 0 radical (unpaired) electrons. The number of amides is 1. The lowest BCUT2D eigenvalue weighted by atomic mass is 9.80. The smallest absolute Gasteiger partial charge is 0.379 e. The van der Waals surface area contributed by atoms with Crippen LogP contribution < -0.4 is 10.6 Å². The first-order valence-electron chi connectivity index (χ1n) is 14.0. The lowest BCUT2D eigenvalue weighted by Crippen LogP contribution is -2.48. The van der Waals surface area contributed by atoms with Crippen LogP contribution in [0.5, 0.6) is 0 Å². The third kappa shape index (κ3) is 5.68. The van der Waals surface area contributed by atoms with E-state index in [9.17, 15) is 22.4 Å². The molecule has 0 bridgehead atoms. The first kappa shape index (κ1) is 27.8. The second-order valence-corrected chi connectivity index (χ2v) is 11.3. The summed E-state index contributed by atoms with van der Waals surface area (Å²) in [6, 6.07) is 21.6.